The Labute approximate surface area is 161 Å². The molecule has 25 heavy (non-hydrogen) atoms. The summed E-state index contributed by atoms with van der Waals surface area (Å²) < 4.78 is 8.11. The fourth-order valence-corrected chi connectivity index (χ4v) is 4.34. The standard InChI is InChI=1S/C22H26NO.BrH/c1-24-19-10-11-20-18(16-19)9-12-22(23-13-5-6-14-23)21(20)15-17-7-3-2-4-8-17;/h2-4,7-8,10-11,16,21H,5-6,9,12-15H2,1H3;1H/q+1;/p-1. The predicted octanol–water partition coefficient (Wildman–Crippen LogP) is 1.22. The smallest absolute Gasteiger partial charge is 0.160 e. The first-order valence-corrected chi connectivity index (χ1v) is 9.16. The molecule has 2 aromatic rings. The van der Waals surface area contributed by atoms with Crippen molar-refractivity contribution in [1.82, 2.24) is 0 Å². The van der Waals surface area contributed by atoms with Crippen molar-refractivity contribution in [3.8, 4) is 5.75 Å². The zero-order valence-electron chi connectivity index (χ0n) is 14.9. The fourth-order valence-electron chi connectivity index (χ4n) is 4.34. The van der Waals surface area contributed by atoms with Gasteiger partial charge in [0.25, 0.3) is 0 Å². The third-order valence-corrected chi connectivity index (χ3v) is 5.57. The number of fused-ring (bicyclic) bond motifs is 1. The van der Waals surface area contributed by atoms with Gasteiger partial charge in [-0.3, -0.25) is 0 Å². The van der Waals surface area contributed by atoms with Crippen LogP contribution in [0, 0.1) is 0 Å². The second-order valence-corrected chi connectivity index (χ2v) is 6.99. The Morgan fingerprint density at radius 2 is 1.76 bits per heavy atom. The molecule has 2 nitrogen and oxygen atoms in total. The van der Waals surface area contributed by atoms with Gasteiger partial charge in [0, 0.05) is 19.3 Å². The molecule has 0 spiro atoms. The largest absolute Gasteiger partial charge is 1.00 e. The molecule has 4 rings (SSSR count). The van der Waals surface area contributed by atoms with Crippen LogP contribution < -0.4 is 21.7 Å². The second-order valence-electron chi connectivity index (χ2n) is 6.99. The topological polar surface area (TPSA) is 12.2 Å². The molecule has 1 aliphatic carbocycles. The summed E-state index contributed by atoms with van der Waals surface area (Å²) in [4.78, 5) is 0. The molecule has 0 saturated carbocycles. The monoisotopic (exact) mass is 399 g/mol. The number of rotatable bonds is 3. The second kappa shape index (κ2) is 8.18. The van der Waals surface area contributed by atoms with Crippen molar-refractivity contribution < 1.29 is 26.3 Å². The maximum atomic E-state index is 5.44. The van der Waals surface area contributed by atoms with Gasteiger partial charge < -0.3 is 21.7 Å². The molecule has 1 saturated heterocycles. The Kier molecular flexibility index (Phi) is 5.95. The maximum Gasteiger partial charge on any atom is 0.160 e. The van der Waals surface area contributed by atoms with Crippen LogP contribution in [0.1, 0.15) is 41.9 Å². The van der Waals surface area contributed by atoms with Gasteiger partial charge in [0.05, 0.1) is 13.0 Å². The van der Waals surface area contributed by atoms with Crippen LogP contribution in [-0.2, 0) is 12.8 Å². The number of hydrogen-bond donors (Lipinski definition) is 0. The van der Waals surface area contributed by atoms with Crippen molar-refractivity contribution in [2.24, 2.45) is 0 Å². The van der Waals surface area contributed by atoms with E-state index in [0.29, 0.717) is 5.92 Å². The highest BCUT2D eigenvalue weighted by molar-refractivity contribution is 5.89. The minimum Gasteiger partial charge on any atom is -1.00 e. The lowest BCUT2D eigenvalue weighted by atomic mass is 9.77. The van der Waals surface area contributed by atoms with Gasteiger partial charge in [-0.15, -0.1) is 0 Å². The molecular formula is C22H26BrNO. The lowest BCUT2D eigenvalue weighted by Crippen LogP contribution is -3.00. The Hall–Kier alpha value is -1.61. The molecule has 132 valence electrons. The van der Waals surface area contributed by atoms with E-state index in [-0.39, 0.29) is 17.0 Å². The van der Waals surface area contributed by atoms with E-state index in [2.05, 4.69) is 53.1 Å². The molecule has 1 aliphatic heterocycles. The highest BCUT2D eigenvalue weighted by atomic mass is 79.9. The van der Waals surface area contributed by atoms with Crippen molar-refractivity contribution in [1.29, 1.82) is 0 Å². The molecule has 1 atom stereocenters. The number of hydrogen-bond acceptors (Lipinski definition) is 1. The maximum absolute atomic E-state index is 5.44. The quantitative estimate of drug-likeness (QED) is 0.706. The van der Waals surface area contributed by atoms with Gasteiger partial charge in [-0.2, -0.15) is 0 Å². The molecule has 0 radical (unpaired) electrons. The number of halogens is 1. The van der Waals surface area contributed by atoms with Crippen molar-refractivity contribution in [3.63, 3.8) is 0 Å². The minimum absolute atomic E-state index is 0. The van der Waals surface area contributed by atoms with Crippen LogP contribution in [0.2, 0.25) is 0 Å². The van der Waals surface area contributed by atoms with Gasteiger partial charge >= 0.3 is 0 Å². The van der Waals surface area contributed by atoms with E-state index in [4.69, 9.17) is 4.74 Å². The van der Waals surface area contributed by atoms with Gasteiger partial charge in [-0.05, 0) is 41.7 Å². The van der Waals surface area contributed by atoms with Crippen LogP contribution in [0.5, 0.6) is 5.75 Å². The van der Waals surface area contributed by atoms with Crippen LogP contribution in [0.4, 0.5) is 0 Å². The zero-order valence-corrected chi connectivity index (χ0v) is 16.5. The molecule has 0 amide bonds. The third-order valence-electron chi connectivity index (χ3n) is 5.57. The number of nitrogens with zero attached hydrogens (tertiary/aromatic N) is 1. The molecule has 0 aromatic heterocycles. The molecule has 1 unspecified atom stereocenters. The predicted molar refractivity (Wildman–Crippen MR) is 98.4 cm³/mol. The van der Waals surface area contributed by atoms with E-state index >= 15 is 0 Å². The van der Waals surface area contributed by atoms with Crippen LogP contribution in [0.25, 0.3) is 0 Å². The summed E-state index contributed by atoms with van der Waals surface area (Å²) in [6.45, 7) is 2.48. The first kappa shape index (κ1) is 18.2. The first-order valence-electron chi connectivity index (χ1n) is 9.16. The molecule has 1 fully saturated rings. The number of ether oxygens (including phenoxy) is 1. The Morgan fingerprint density at radius 1 is 1.00 bits per heavy atom. The van der Waals surface area contributed by atoms with Gasteiger partial charge in [-0.25, -0.2) is 4.58 Å². The van der Waals surface area contributed by atoms with Gasteiger partial charge in [0.2, 0.25) is 0 Å². The molecule has 1 heterocycles. The van der Waals surface area contributed by atoms with E-state index in [9.17, 15) is 0 Å². The molecule has 0 N–H and O–H groups in total. The molecule has 2 aromatic carbocycles. The van der Waals surface area contributed by atoms with Crippen LogP contribution in [-0.4, -0.2) is 30.5 Å². The Morgan fingerprint density at radius 3 is 2.48 bits per heavy atom. The van der Waals surface area contributed by atoms with E-state index in [1.165, 1.54) is 49.0 Å². The Bertz CT molecular complexity index is 746. The van der Waals surface area contributed by atoms with E-state index in [1.807, 2.05) is 0 Å². The van der Waals surface area contributed by atoms with Crippen LogP contribution in [0.3, 0.4) is 0 Å². The third kappa shape index (κ3) is 3.82. The summed E-state index contributed by atoms with van der Waals surface area (Å²) in [5.74, 6) is 1.50. The average Bonchev–Trinajstić information content (AvgIpc) is 3.17. The Balaban J connectivity index is 0.00000182. The van der Waals surface area contributed by atoms with E-state index < -0.39 is 0 Å². The lowest BCUT2D eigenvalue weighted by molar-refractivity contribution is -0.509. The summed E-state index contributed by atoms with van der Waals surface area (Å²) in [5.41, 5.74) is 6.07. The van der Waals surface area contributed by atoms with Crippen molar-refractivity contribution in [2.75, 3.05) is 20.2 Å². The molecule has 2 aliphatic rings. The highest BCUT2D eigenvalue weighted by Crippen LogP contribution is 2.35. The summed E-state index contributed by atoms with van der Waals surface area (Å²) in [6.07, 6.45) is 6.13. The summed E-state index contributed by atoms with van der Waals surface area (Å²) in [5, 5.41) is 0. The van der Waals surface area contributed by atoms with E-state index in [1.54, 1.807) is 12.8 Å². The minimum atomic E-state index is 0. The van der Waals surface area contributed by atoms with Crippen LogP contribution in [0.15, 0.2) is 48.5 Å². The highest BCUT2D eigenvalue weighted by Gasteiger charge is 2.33. The van der Waals surface area contributed by atoms with Crippen molar-refractivity contribution >= 4 is 5.71 Å². The van der Waals surface area contributed by atoms with Gasteiger partial charge in [0.1, 0.15) is 18.8 Å². The normalized spacial score (nSPS) is 19.3. The number of benzene rings is 2. The number of methoxy groups -OCH3 is 1. The zero-order chi connectivity index (χ0) is 16.4. The lowest BCUT2D eigenvalue weighted by Gasteiger charge is -2.26. The first-order chi connectivity index (χ1) is 11.8. The van der Waals surface area contributed by atoms with Gasteiger partial charge in [-0.1, -0.05) is 36.4 Å². The summed E-state index contributed by atoms with van der Waals surface area (Å²) in [6, 6.07) is 17.6. The van der Waals surface area contributed by atoms with E-state index in [0.717, 1.165) is 18.6 Å². The van der Waals surface area contributed by atoms with Crippen molar-refractivity contribution in [2.45, 2.75) is 38.0 Å². The fraction of sp³-hybridized carbons (Fsp3) is 0.409. The number of aryl methyl sites for hydroxylation is 1. The van der Waals surface area contributed by atoms with Gasteiger partial charge in [0.15, 0.2) is 5.71 Å². The molecular weight excluding hydrogens is 374 g/mol. The van der Waals surface area contributed by atoms with Crippen molar-refractivity contribution in [3.05, 3.63) is 65.2 Å². The molecule has 3 heteroatoms. The average molecular weight is 400 g/mol. The molecule has 0 bridgehead atoms. The summed E-state index contributed by atoms with van der Waals surface area (Å²) >= 11 is 0. The van der Waals surface area contributed by atoms with Crippen LogP contribution >= 0.6 is 0 Å². The SMILES string of the molecule is COc1ccc2c(c1)CCC(=[N+]1CCCC1)C2Cc1ccccc1.[Br-]. The summed E-state index contributed by atoms with van der Waals surface area (Å²) in [7, 11) is 1.76.